The number of aryl methyl sites for hydroxylation is 1. The molecule has 1 amide bonds. The van der Waals surface area contributed by atoms with Crippen LogP contribution >= 0.6 is 0 Å². The van der Waals surface area contributed by atoms with Crippen LogP contribution in [0.1, 0.15) is 50.9 Å². The van der Waals surface area contributed by atoms with Crippen molar-refractivity contribution in [3.05, 3.63) is 39.9 Å². The fraction of sp³-hybridized carbons (Fsp3) is 0.438. The Morgan fingerprint density at radius 2 is 1.89 bits per heavy atom. The SMILES string of the molecule is CCC1=C(C)/C(=C/c2[nH]cc(CC)c2CC)NC1=O. The van der Waals surface area contributed by atoms with Crippen molar-refractivity contribution < 1.29 is 4.79 Å². The van der Waals surface area contributed by atoms with Gasteiger partial charge < -0.3 is 10.3 Å². The van der Waals surface area contributed by atoms with Gasteiger partial charge in [-0.25, -0.2) is 0 Å². The summed E-state index contributed by atoms with van der Waals surface area (Å²) >= 11 is 0. The van der Waals surface area contributed by atoms with E-state index < -0.39 is 0 Å². The molecule has 0 unspecified atom stereocenters. The second kappa shape index (κ2) is 5.47. The lowest BCUT2D eigenvalue weighted by Gasteiger charge is -2.03. The van der Waals surface area contributed by atoms with E-state index in [2.05, 4.69) is 36.4 Å². The molecule has 102 valence electrons. The Morgan fingerprint density at radius 3 is 2.42 bits per heavy atom. The third-order valence-electron chi connectivity index (χ3n) is 3.87. The molecule has 0 spiro atoms. The van der Waals surface area contributed by atoms with Crippen LogP contribution < -0.4 is 5.32 Å². The highest BCUT2D eigenvalue weighted by molar-refractivity contribution is 6.01. The molecule has 0 radical (unpaired) electrons. The predicted octanol–water partition coefficient (Wildman–Crippen LogP) is 3.34. The van der Waals surface area contributed by atoms with Crippen LogP contribution in [0.4, 0.5) is 0 Å². The molecule has 0 fully saturated rings. The van der Waals surface area contributed by atoms with E-state index in [0.29, 0.717) is 0 Å². The van der Waals surface area contributed by atoms with Crippen molar-refractivity contribution in [3.63, 3.8) is 0 Å². The van der Waals surface area contributed by atoms with Gasteiger partial charge in [-0.15, -0.1) is 0 Å². The maximum absolute atomic E-state index is 11.8. The van der Waals surface area contributed by atoms with Crippen molar-refractivity contribution >= 4 is 12.0 Å². The Labute approximate surface area is 114 Å². The maximum Gasteiger partial charge on any atom is 0.251 e. The first-order valence-electron chi connectivity index (χ1n) is 7.04. The van der Waals surface area contributed by atoms with E-state index in [4.69, 9.17) is 0 Å². The van der Waals surface area contributed by atoms with E-state index in [1.165, 1.54) is 11.1 Å². The fourth-order valence-electron chi connectivity index (χ4n) is 2.71. The number of hydrogen-bond donors (Lipinski definition) is 2. The van der Waals surface area contributed by atoms with Gasteiger partial charge in [-0.1, -0.05) is 20.8 Å². The van der Waals surface area contributed by atoms with Crippen LogP contribution in [-0.4, -0.2) is 10.9 Å². The molecule has 1 aromatic rings. The number of allylic oxidation sites excluding steroid dienone is 1. The highest BCUT2D eigenvalue weighted by atomic mass is 16.1. The van der Waals surface area contributed by atoms with Crippen LogP contribution in [0.15, 0.2) is 23.0 Å². The molecule has 1 aliphatic heterocycles. The highest BCUT2D eigenvalue weighted by Gasteiger charge is 2.22. The van der Waals surface area contributed by atoms with Crippen molar-refractivity contribution in [2.24, 2.45) is 0 Å². The summed E-state index contributed by atoms with van der Waals surface area (Å²) in [6.07, 6.45) is 6.95. The lowest BCUT2D eigenvalue weighted by atomic mass is 10.0. The van der Waals surface area contributed by atoms with Gasteiger partial charge in [0.15, 0.2) is 0 Å². The van der Waals surface area contributed by atoms with Crippen molar-refractivity contribution in [1.29, 1.82) is 0 Å². The summed E-state index contributed by atoms with van der Waals surface area (Å²) in [4.78, 5) is 15.1. The second-order valence-electron chi connectivity index (χ2n) is 4.88. The molecule has 0 aliphatic carbocycles. The summed E-state index contributed by atoms with van der Waals surface area (Å²) in [5, 5.41) is 2.96. The molecule has 0 bridgehead atoms. The summed E-state index contributed by atoms with van der Waals surface area (Å²) in [5.41, 5.74) is 6.72. The number of nitrogens with one attached hydrogen (secondary N) is 2. The number of amides is 1. The Balaban J connectivity index is 2.41. The third-order valence-corrected chi connectivity index (χ3v) is 3.87. The number of carbonyl (C=O) groups excluding carboxylic acids is 1. The normalized spacial score (nSPS) is 17.5. The van der Waals surface area contributed by atoms with E-state index in [1.54, 1.807) is 0 Å². The van der Waals surface area contributed by atoms with Crippen molar-refractivity contribution in [2.45, 2.75) is 47.0 Å². The molecule has 0 atom stereocenters. The molecule has 3 heteroatoms. The molecule has 3 nitrogen and oxygen atoms in total. The number of carbonyl (C=O) groups is 1. The Hall–Kier alpha value is -1.77. The van der Waals surface area contributed by atoms with Crippen LogP contribution in [0.5, 0.6) is 0 Å². The van der Waals surface area contributed by atoms with Crippen LogP contribution in [0, 0.1) is 0 Å². The molecule has 0 aromatic carbocycles. The molecular formula is C16H22N2O. The molecule has 2 rings (SSSR count). The van der Waals surface area contributed by atoms with Gasteiger partial charge in [0.1, 0.15) is 0 Å². The highest BCUT2D eigenvalue weighted by Crippen LogP contribution is 2.26. The van der Waals surface area contributed by atoms with E-state index in [1.807, 2.05) is 13.8 Å². The topological polar surface area (TPSA) is 44.9 Å². The number of rotatable bonds is 4. The summed E-state index contributed by atoms with van der Waals surface area (Å²) in [7, 11) is 0. The van der Waals surface area contributed by atoms with Gasteiger partial charge in [-0.05, 0) is 49.0 Å². The van der Waals surface area contributed by atoms with Gasteiger partial charge >= 0.3 is 0 Å². The van der Waals surface area contributed by atoms with Gasteiger partial charge in [0.05, 0.1) is 0 Å². The van der Waals surface area contributed by atoms with Gasteiger partial charge in [-0.2, -0.15) is 0 Å². The monoisotopic (exact) mass is 258 g/mol. The van der Waals surface area contributed by atoms with Gasteiger partial charge in [0.25, 0.3) is 5.91 Å². The summed E-state index contributed by atoms with van der Waals surface area (Å²) < 4.78 is 0. The van der Waals surface area contributed by atoms with Crippen molar-refractivity contribution in [3.8, 4) is 0 Å². The average Bonchev–Trinajstić information content (AvgIpc) is 2.91. The minimum Gasteiger partial charge on any atom is -0.361 e. The molecule has 0 saturated heterocycles. The number of hydrogen-bond acceptors (Lipinski definition) is 1. The lowest BCUT2D eigenvalue weighted by molar-refractivity contribution is -0.116. The van der Waals surface area contributed by atoms with E-state index in [0.717, 1.165) is 41.8 Å². The largest absolute Gasteiger partial charge is 0.361 e. The zero-order valence-electron chi connectivity index (χ0n) is 12.2. The van der Waals surface area contributed by atoms with Gasteiger partial charge in [-0.3, -0.25) is 4.79 Å². The van der Waals surface area contributed by atoms with Crippen LogP contribution in [-0.2, 0) is 17.6 Å². The van der Waals surface area contributed by atoms with Gasteiger partial charge in [0, 0.05) is 23.2 Å². The third kappa shape index (κ3) is 2.37. The smallest absolute Gasteiger partial charge is 0.251 e. The minimum atomic E-state index is 0.0477. The zero-order chi connectivity index (χ0) is 14.0. The first-order chi connectivity index (χ1) is 9.12. The van der Waals surface area contributed by atoms with Crippen LogP contribution in [0.25, 0.3) is 6.08 Å². The standard InChI is InChI=1S/C16H22N2O/c1-5-11-9-17-15(13(11)7-3)8-14-10(4)12(6-2)16(19)18-14/h8-9,17H,5-7H2,1-4H3,(H,18,19)/b14-8-. The summed E-state index contributed by atoms with van der Waals surface area (Å²) in [6, 6.07) is 0. The average molecular weight is 258 g/mol. The molecule has 19 heavy (non-hydrogen) atoms. The Bertz CT molecular complexity index is 561. The van der Waals surface area contributed by atoms with Crippen molar-refractivity contribution in [2.75, 3.05) is 0 Å². The second-order valence-corrected chi connectivity index (χ2v) is 4.88. The fourth-order valence-corrected chi connectivity index (χ4v) is 2.71. The molecule has 0 saturated carbocycles. The molecule has 1 aliphatic rings. The van der Waals surface area contributed by atoms with E-state index in [9.17, 15) is 4.79 Å². The minimum absolute atomic E-state index is 0.0477. The Morgan fingerprint density at radius 1 is 1.16 bits per heavy atom. The van der Waals surface area contributed by atoms with Gasteiger partial charge in [0.2, 0.25) is 0 Å². The number of aromatic nitrogens is 1. The van der Waals surface area contributed by atoms with E-state index >= 15 is 0 Å². The lowest BCUT2D eigenvalue weighted by Crippen LogP contribution is -2.16. The molecule has 2 heterocycles. The Kier molecular flexibility index (Phi) is 3.93. The quantitative estimate of drug-likeness (QED) is 0.854. The summed E-state index contributed by atoms with van der Waals surface area (Å²) in [5.74, 6) is 0.0477. The predicted molar refractivity (Wildman–Crippen MR) is 78.7 cm³/mol. The summed E-state index contributed by atoms with van der Waals surface area (Å²) in [6.45, 7) is 8.36. The number of H-pyrrole nitrogens is 1. The first kappa shape index (κ1) is 13.7. The van der Waals surface area contributed by atoms with Crippen LogP contribution in [0.3, 0.4) is 0 Å². The maximum atomic E-state index is 11.8. The number of aromatic amines is 1. The molecule has 2 N–H and O–H groups in total. The molecule has 1 aromatic heterocycles. The first-order valence-corrected chi connectivity index (χ1v) is 7.04. The van der Waals surface area contributed by atoms with Crippen LogP contribution in [0.2, 0.25) is 0 Å². The zero-order valence-corrected chi connectivity index (χ0v) is 12.2. The van der Waals surface area contributed by atoms with Crippen molar-refractivity contribution in [1.82, 2.24) is 10.3 Å². The van der Waals surface area contributed by atoms with E-state index in [-0.39, 0.29) is 5.91 Å². The molecular weight excluding hydrogens is 236 g/mol.